The van der Waals surface area contributed by atoms with E-state index >= 15 is 0 Å². The van der Waals surface area contributed by atoms with Gasteiger partial charge in [0, 0.05) is 12.9 Å². The number of rotatable bonds is 2. The van der Waals surface area contributed by atoms with Crippen LogP contribution in [0.2, 0.25) is 0 Å². The van der Waals surface area contributed by atoms with Gasteiger partial charge in [-0.3, -0.25) is 0 Å². The molecule has 0 aliphatic carbocycles. The van der Waals surface area contributed by atoms with Crippen LogP contribution < -0.4 is 10.2 Å². The van der Waals surface area contributed by atoms with Gasteiger partial charge in [-0.15, -0.1) is 0 Å². The smallest absolute Gasteiger partial charge is 0.679 e. The summed E-state index contributed by atoms with van der Waals surface area (Å²) in [5, 5.41) is 16.5. The Labute approximate surface area is 99.2 Å². The van der Waals surface area contributed by atoms with E-state index in [1.54, 1.807) is 0 Å². The fourth-order valence-corrected chi connectivity index (χ4v) is 0. The molecule has 0 atom stereocenters. The molecule has 9 heteroatoms. The van der Waals surface area contributed by atoms with Gasteiger partial charge in [0.2, 0.25) is 0 Å². The quantitative estimate of drug-likeness (QED) is 0.576. The van der Waals surface area contributed by atoms with Crippen LogP contribution in [0.15, 0.2) is 0 Å². The second-order valence-corrected chi connectivity index (χ2v) is 1.19. The van der Waals surface area contributed by atoms with Crippen LogP contribution >= 0.6 is 0 Å². The predicted octanol–water partition coefficient (Wildman–Crippen LogP) is -1.09. The van der Waals surface area contributed by atoms with Gasteiger partial charge in [-0.1, -0.05) is 0 Å². The second-order valence-electron chi connectivity index (χ2n) is 1.19. The Morgan fingerprint density at radius 1 is 0.733 bits per heavy atom. The Balaban J connectivity index is -0.0000000293. The van der Waals surface area contributed by atoms with Gasteiger partial charge in [-0.05, 0) is 0 Å². The molecule has 4 N–H and O–H groups in total. The van der Waals surface area contributed by atoms with E-state index in [2.05, 4.69) is 0 Å². The zero-order valence-corrected chi connectivity index (χ0v) is 8.99. The Morgan fingerprint density at radius 3 is 0.800 bits per heavy atom. The van der Waals surface area contributed by atoms with E-state index in [1.165, 1.54) is 0 Å². The number of carbonyl (C=O) groups excluding carboxylic acids is 2. The van der Waals surface area contributed by atoms with Crippen molar-refractivity contribution >= 4 is 12.9 Å². The van der Waals surface area contributed by atoms with Gasteiger partial charge in [-0.2, -0.15) is 26.2 Å². The maximum atomic E-state index is 8.25. The van der Waals surface area contributed by atoms with Crippen LogP contribution in [0.5, 0.6) is 0 Å². The average molecular weight is 265 g/mol. The predicted molar refractivity (Wildman–Crippen MR) is 48.9 cm³/mol. The summed E-state index contributed by atoms with van der Waals surface area (Å²) in [7, 11) is 0. The Hall–Kier alpha value is -0.714. The Morgan fingerprint density at radius 2 is 0.800 bits per heavy atom. The molecule has 0 bridgehead atoms. The first-order valence-electron chi connectivity index (χ1n) is 3.36. The average Bonchev–Trinajstić information content (AvgIpc) is 2.20. The van der Waals surface area contributed by atoms with Gasteiger partial charge in [0.15, 0.2) is 0 Å². The molecular formula is C6H14CoN4O4-3. The van der Waals surface area contributed by atoms with Crippen molar-refractivity contribution in [2.24, 2.45) is 0 Å². The minimum Gasteiger partial charge on any atom is -0.679 e. The van der Waals surface area contributed by atoms with E-state index in [0.29, 0.717) is 0 Å². The number of hydrogen-bond acceptors (Lipinski definition) is 4. The van der Waals surface area contributed by atoms with E-state index in [0.717, 1.165) is 0 Å². The van der Waals surface area contributed by atoms with Crippen molar-refractivity contribution in [2.75, 3.05) is 26.2 Å². The molecule has 0 aliphatic heterocycles. The minimum atomic E-state index is -0.500. The molecule has 0 spiro atoms. The van der Waals surface area contributed by atoms with Gasteiger partial charge in [0.1, 0.15) is 0 Å². The van der Waals surface area contributed by atoms with Crippen molar-refractivity contribution in [3.63, 3.8) is 0 Å². The van der Waals surface area contributed by atoms with Gasteiger partial charge >= 0.3 is 16.8 Å². The Kier molecular flexibility index (Phi) is 140. The zero-order valence-electron chi connectivity index (χ0n) is 7.95. The zero-order chi connectivity index (χ0) is 12.2. The molecule has 0 saturated carbocycles. The molecule has 0 heterocycles. The third-order valence-corrected chi connectivity index (χ3v) is 0.250. The van der Waals surface area contributed by atoms with Crippen molar-refractivity contribution in [3.8, 4) is 0 Å². The van der Waals surface area contributed by atoms with Crippen molar-refractivity contribution in [2.45, 2.75) is 0 Å². The molecule has 15 heavy (non-hydrogen) atoms. The molecule has 0 amide bonds. The van der Waals surface area contributed by atoms with Crippen molar-refractivity contribution in [1.29, 1.82) is 0 Å². The fourth-order valence-electron chi connectivity index (χ4n) is 0. The van der Waals surface area contributed by atoms with Gasteiger partial charge in [0.25, 0.3) is 0 Å². The Bertz CT molecular complexity index is 75.5. The third kappa shape index (κ3) is 1020. The SMILES string of the molecule is O=C[O-].O=C[O-].[Co+3].[NH-]CC[NH-].[NH-]CC[NH-]. The van der Waals surface area contributed by atoms with Crippen LogP contribution in [0, 0.1) is 0 Å². The number of nitrogens with one attached hydrogen (secondary N) is 4. The summed E-state index contributed by atoms with van der Waals surface area (Å²) in [5.74, 6) is 0. The van der Waals surface area contributed by atoms with Crippen LogP contribution in [-0.2, 0) is 26.4 Å². The van der Waals surface area contributed by atoms with Crippen LogP contribution in [0.1, 0.15) is 0 Å². The molecule has 0 aromatic heterocycles. The molecule has 94 valence electrons. The summed E-state index contributed by atoms with van der Waals surface area (Å²) in [4.78, 5) is 16.5. The molecule has 0 aliphatic rings. The standard InChI is InChI=1S/2C2H6N2.2CH2O2.Co/c2*3-1-2-4;2*2-1-3;/h2*3-4H,1-2H2;2*1H,(H,2,3);/q2*-2;;;+3/p-2. The largest absolute Gasteiger partial charge is 3.00 e. The minimum absolute atomic E-state index is 0. The van der Waals surface area contributed by atoms with Gasteiger partial charge < -0.3 is 42.7 Å². The van der Waals surface area contributed by atoms with Crippen LogP contribution in [0.3, 0.4) is 0 Å². The summed E-state index contributed by atoms with van der Waals surface area (Å²) in [5.41, 5.74) is 25.1. The van der Waals surface area contributed by atoms with Crippen LogP contribution in [-0.4, -0.2) is 39.1 Å². The molecule has 0 rings (SSSR count). The second kappa shape index (κ2) is 71.8. The van der Waals surface area contributed by atoms with Crippen molar-refractivity contribution < 1.29 is 36.6 Å². The first-order chi connectivity index (χ1) is 6.66. The molecular weight excluding hydrogens is 251 g/mol. The topological polar surface area (TPSA) is 175 Å². The number of hydrogen-bond donors (Lipinski definition) is 0. The molecule has 0 aromatic rings. The molecule has 0 radical (unpaired) electrons. The first-order valence-corrected chi connectivity index (χ1v) is 3.36. The molecule has 0 unspecified atom stereocenters. The monoisotopic (exact) mass is 265 g/mol. The van der Waals surface area contributed by atoms with Crippen LogP contribution in [0.4, 0.5) is 0 Å². The summed E-state index contributed by atoms with van der Waals surface area (Å²) in [6, 6.07) is 0. The molecule has 0 aromatic carbocycles. The van der Waals surface area contributed by atoms with Crippen molar-refractivity contribution in [1.82, 2.24) is 0 Å². The van der Waals surface area contributed by atoms with E-state index in [-0.39, 0.29) is 43.0 Å². The summed E-state index contributed by atoms with van der Waals surface area (Å²) >= 11 is 0. The summed E-state index contributed by atoms with van der Waals surface area (Å²) in [6.07, 6.45) is 0. The van der Waals surface area contributed by atoms with Crippen molar-refractivity contribution in [3.05, 3.63) is 22.9 Å². The van der Waals surface area contributed by atoms with Gasteiger partial charge in [0.05, 0.1) is 0 Å². The van der Waals surface area contributed by atoms with E-state index in [9.17, 15) is 0 Å². The van der Waals surface area contributed by atoms with Crippen LogP contribution in [0.25, 0.3) is 22.9 Å². The third-order valence-electron chi connectivity index (χ3n) is 0.250. The molecule has 8 nitrogen and oxygen atoms in total. The van der Waals surface area contributed by atoms with E-state index in [4.69, 9.17) is 42.7 Å². The maximum absolute atomic E-state index is 8.25. The number of carboxylic acid groups (broad SMARTS) is 2. The fraction of sp³-hybridized carbons (Fsp3) is 0.667. The first kappa shape index (κ1) is 29.2. The van der Waals surface area contributed by atoms with E-state index in [1.807, 2.05) is 0 Å². The molecule has 0 fully saturated rings. The number of carbonyl (C=O) groups is 2. The normalized spacial score (nSPS) is 5.60. The summed E-state index contributed by atoms with van der Waals surface area (Å²) in [6.45, 7) is -0.0556. The van der Waals surface area contributed by atoms with E-state index < -0.39 is 12.9 Å². The van der Waals surface area contributed by atoms with Gasteiger partial charge in [-0.25, -0.2) is 0 Å². The summed E-state index contributed by atoms with van der Waals surface area (Å²) < 4.78 is 0. The molecule has 0 saturated heterocycles. The maximum Gasteiger partial charge on any atom is 3.00 e.